The van der Waals surface area contributed by atoms with Gasteiger partial charge in [-0.05, 0) is 48.7 Å². The molecule has 0 spiro atoms. The standard InChI is InChI=1S/C21H23FN2O3S/c22-19-7-3-4-8-20(19)23-21(25)14-11-17-9-12-18(13-10-17)28(26,27)24-15-5-1-2-6-16-24/h3-4,7-14H,1-2,5-6,15-16H2,(H,23,25)/b14-11+. The van der Waals surface area contributed by atoms with Crippen molar-refractivity contribution in [2.75, 3.05) is 18.4 Å². The minimum atomic E-state index is -3.49. The minimum absolute atomic E-state index is 0.107. The van der Waals surface area contributed by atoms with Crippen molar-refractivity contribution >= 4 is 27.7 Å². The maximum Gasteiger partial charge on any atom is 0.248 e. The molecule has 0 bridgehead atoms. The summed E-state index contributed by atoms with van der Waals surface area (Å²) >= 11 is 0. The highest BCUT2D eigenvalue weighted by Gasteiger charge is 2.24. The largest absolute Gasteiger partial charge is 0.320 e. The Labute approximate surface area is 164 Å². The molecule has 0 aliphatic carbocycles. The molecule has 1 aliphatic rings. The summed E-state index contributed by atoms with van der Waals surface area (Å²) in [4.78, 5) is 12.2. The zero-order chi connectivity index (χ0) is 20.0. The van der Waals surface area contributed by atoms with E-state index in [9.17, 15) is 17.6 Å². The van der Waals surface area contributed by atoms with Crippen molar-refractivity contribution in [3.63, 3.8) is 0 Å². The van der Waals surface area contributed by atoms with Crippen molar-refractivity contribution in [3.8, 4) is 0 Å². The average Bonchev–Trinajstić information content (AvgIpc) is 2.99. The molecule has 2 aromatic rings. The van der Waals surface area contributed by atoms with Crippen molar-refractivity contribution < 1.29 is 17.6 Å². The number of sulfonamides is 1. The van der Waals surface area contributed by atoms with Crippen LogP contribution in [0.5, 0.6) is 0 Å². The Balaban J connectivity index is 1.66. The summed E-state index contributed by atoms with van der Waals surface area (Å²) in [5, 5.41) is 2.46. The number of amides is 1. The minimum Gasteiger partial charge on any atom is -0.320 e. The number of benzene rings is 2. The van der Waals surface area contributed by atoms with Crippen LogP contribution in [-0.2, 0) is 14.8 Å². The molecule has 0 saturated carbocycles. The number of nitrogens with one attached hydrogen (secondary N) is 1. The summed E-state index contributed by atoms with van der Waals surface area (Å²) in [5.41, 5.74) is 0.787. The van der Waals surface area contributed by atoms with Gasteiger partial charge in [0.15, 0.2) is 0 Å². The third-order valence-electron chi connectivity index (χ3n) is 4.64. The highest BCUT2D eigenvalue weighted by atomic mass is 32.2. The Bertz CT molecular complexity index is 948. The van der Waals surface area contributed by atoms with Crippen LogP contribution in [0.2, 0.25) is 0 Å². The van der Waals surface area contributed by atoms with Crippen LogP contribution < -0.4 is 5.32 Å². The number of hydrogen-bond acceptors (Lipinski definition) is 3. The molecule has 28 heavy (non-hydrogen) atoms. The molecule has 1 heterocycles. The molecule has 2 aromatic carbocycles. The predicted octanol–water partition coefficient (Wildman–Crippen LogP) is 4.04. The first-order chi connectivity index (χ1) is 13.5. The van der Waals surface area contributed by atoms with Gasteiger partial charge in [-0.3, -0.25) is 4.79 Å². The first-order valence-electron chi connectivity index (χ1n) is 9.30. The summed E-state index contributed by atoms with van der Waals surface area (Å²) < 4.78 is 40.6. The SMILES string of the molecule is O=C(/C=C/c1ccc(S(=O)(=O)N2CCCCCC2)cc1)Nc1ccccc1F. The van der Waals surface area contributed by atoms with E-state index in [1.165, 1.54) is 18.2 Å². The fraction of sp³-hybridized carbons (Fsp3) is 0.286. The Morgan fingerprint density at radius 1 is 0.964 bits per heavy atom. The predicted molar refractivity (Wildman–Crippen MR) is 108 cm³/mol. The van der Waals surface area contributed by atoms with Gasteiger partial charge < -0.3 is 5.32 Å². The molecular weight excluding hydrogens is 379 g/mol. The Kier molecular flexibility index (Phi) is 6.59. The summed E-state index contributed by atoms with van der Waals surface area (Å²) in [7, 11) is -3.49. The number of carbonyl (C=O) groups is 1. The lowest BCUT2D eigenvalue weighted by atomic mass is 10.2. The number of nitrogens with zero attached hydrogens (tertiary/aromatic N) is 1. The van der Waals surface area contributed by atoms with Gasteiger partial charge in [-0.25, -0.2) is 12.8 Å². The van der Waals surface area contributed by atoms with Crippen LogP contribution in [-0.4, -0.2) is 31.7 Å². The molecule has 0 unspecified atom stereocenters. The van der Waals surface area contributed by atoms with Crippen LogP contribution >= 0.6 is 0 Å². The van der Waals surface area contributed by atoms with E-state index in [-0.39, 0.29) is 10.6 Å². The number of halogens is 1. The summed E-state index contributed by atoms with van der Waals surface area (Å²) in [6, 6.07) is 12.3. The van der Waals surface area contributed by atoms with Gasteiger partial charge in [-0.15, -0.1) is 0 Å². The van der Waals surface area contributed by atoms with E-state index in [0.717, 1.165) is 25.7 Å². The second-order valence-electron chi connectivity index (χ2n) is 6.69. The van der Waals surface area contributed by atoms with Crippen molar-refractivity contribution in [2.24, 2.45) is 0 Å². The summed E-state index contributed by atoms with van der Waals surface area (Å²) in [5.74, 6) is -0.973. The van der Waals surface area contributed by atoms with E-state index in [0.29, 0.717) is 18.7 Å². The molecule has 148 valence electrons. The van der Waals surface area contributed by atoms with Gasteiger partial charge >= 0.3 is 0 Å². The third-order valence-corrected chi connectivity index (χ3v) is 6.55. The van der Waals surface area contributed by atoms with Crippen molar-refractivity contribution in [2.45, 2.75) is 30.6 Å². The van der Waals surface area contributed by atoms with Crippen LogP contribution in [0, 0.1) is 5.82 Å². The number of carbonyl (C=O) groups excluding carboxylic acids is 1. The van der Waals surface area contributed by atoms with Gasteiger partial charge in [-0.2, -0.15) is 4.31 Å². The molecule has 1 N–H and O–H groups in total. The number of para-hydroxylation sites is 1. The lowest BCUT2D eigenvalue weighted by molar-refractivity contribution is -0.111. The van der Waals surface area contributed by atoms with Gasteiger partial charge in [0.2, 0.25) is 15.9 Å². The molecule has 1 saturated heterocycles. The summed E-state index contributed by atoms with van der Waals surface area (Å²) in [6.45, 7) is 1.11. The van der Waals surface area contributed by atoms with E-state index >= 15 is 0 Å². The zero-order valence-electron chi connectivity index (χ0n) is 15.5. The van der Waals surface area contributed by atoms with Gasteiger partial charge in [0.1, 0.15) is 5.82 Å². The zero-order valence-corrected chi connectivity index (χ0v) is 16.3. The van der Waals surface area contributed by atoms with E-state index in [2.05, 4.69) is 5.32 Å². The highest BCUT2D eigenvalue weighted by molar-refractivity contribution is 7.89. The Morgan fingerprint density at radius 2 is 1.61 bits per heavy atom. The van der Waals surface area contributed by atoms with Crippen LogP contribution in [0.4, 0.5) is 10.1 Å². The normalized spacial score (nSPS) is 16.0. The van der Waals surface area contributed by atoms with E-state index in [1.807, 2.05) is 0 Å². The molecule has 0 radical (unpaired) electrons. The lowest BCUT2D eigenvalue weighted by Gasteiger charge is -2.19. The summed E-state index contributed by atoms with van der Waals surface area (Å²) in [6.07, 6.45) is 6.73. The topological polar surface area (TPSA) is 66.5 Å². The third kappa shape index (κ3) is 5.05. The molecule has 5 nitrogen and oxygen atoms in total. The monoisotopic (exact) mass is 402 g/mol. The molecule has 0 atom stereocenters. The van der Waals surface area contributed by atoms with Gasteiger partial charge in [0, 0.05) is 19.2 Å². The van der Waals surface area contributed by atoms with E-state index in [1.54, 1.807) is 46.8 Å². The molecule has 1 fully saturated rings. The fourth-order valence-electron chi connectivity index (χ4n) is 3.09. The van der Waals surface area contributed by atoms with Crippen LogP contribution in [0.15, 0.2) is 59.5 Å². The number of anilines is 1. The lowest BCUT2D eigenvalue weighted by Crippen LogP contribution is -2.31. The molecule has 0 aromatic heterocycles. The van der Waals surface area contributed by atoms with Gasteiger partial charge in [0.25, 0.3) is 0 Å². The molecular formula is C21H23FN2O3S. The molecule has 7 heteroatoms. The van der Waals surface area contributed by atoms with Crippen molar-refractivity contribution in [1.82, 2.24) is 4.31 Å². The van der Waals surface area contributed by atoms with Gasteiger partial charge in [-0.1, -0.05) is 37.1 Å². The Morgan fingerprint density at radius 3 is 2.25 bits per heavy atom. The van der Waals surface area contributed by atoms with Gasteiger partial charge in [0.05, 0.1) is 10.6 Å². The van der Waals surface area contributed by atoms with Crippen LogP contribution in [0.25, 0.3) is 6.08 Å². The molecule has 1 aliphatic heterocycles. The number of rotatable bonds is 5. The maximum absolute atomic E-state index is 13.5. The second-order valence-corrected chi connectivity index (χ2v) is 8.63. The van der Waals surface area contributed by atoms with Crippen molar-refractivity contribution in [3.05, 3.63) is 66.0 Å². The maximum atomic E-state index is 13.5. The molecule has 1 amide bonds. The van der Waals surface area contributed by atoms with Crippen molar-refractivity contribution in [1.29, 1.82) is 0 Å². The van der Waals surface area contributed by atoms with Crippen LogP contribution in [0.3, 0.4) is 0 Å². The van der Waals surface area contributed by atoms with E-state index in [4.69, 9.17) is 0 Å². The highest BCUT2D eigenvalue weighted by Crippen LogP contribution is 2.21. The van der Waals surface area contributed by atoms with Crippen LogP contribution in [0.1, 0.15) is 31.2 Å². The molecule has 3 rings (SSSR count). The van der Waals surface area contributed by atoms with E-state index < -0.39 is 21.7 Å². The second kappa shape index (κ2) is 9.12. The quantitative estimate of drug-likeness (QED) is 0.768. The smallest absolute Gasteiger partial charge is 0.248 e. The average molecular weight is 402 g/mol. The fourth-order valence-corrected chi connectivity index (χ4v) is 4.61. The number of hydrogen-bond donors (Lipinski definition) is 1. The first kappa shape index (κ1) is 20.2. The Hall–Kier alpha value is -2.51. The first-order valence-corrected chi connectivity index (χ1v) is 10.7.